The van der Waals surface area contributed by atoms with Gasteiger partial charge in [0.1, 0.15) is 0 Å². The van der Waals surface area contributed by atoms with Crippen molar-refractivity contribution in [3.63, 3.8) is 0 Å². The standard InChI is InChI=1S/C14H28N4O/c1-13(15-18-11-9-16(2)10-12-18)14(19)17-7-5-3-4-6-8-17/h13,15H,3-12H2,1-2H3. The summed E-state index contributed by atoms with van der Waals surface area (Å²) in [6.45, 7) is 7.99. The number of nitrogens with one attached hydrogen (secondary N) is 1. The molecule has 0 aliphatic carbocycles. The number of hydrogen-bond donors (Lipinski definition) is 1. The van der Waals surface area contributed by atoms with Crippen molar-refractivity contribution in [2.45, 2.75) is 38.6 Å². The molecule has 2 aliphatic heterocycles. The van der Waals surface area contributed by atoms with Crippen molar-refractivity contribution in [1.29, 1.82) is 0 Å². The van der Waals surface area contributed by atoms with E-state index in [0.717, 1.165) is 52.1 Å². The second-order valence-electron chi connectivity index (χ2n) is 5.88. The van der Waals surface area contributed by atoms with Gasteiger partial charge in [0.15, 0.2) is 0 Å². The first kappa shape index (κ1) is 14.8. The quantitative estimate of drug-likeness (QED) is 0.810. The third kappa shape index (κ3) is 4.44. The van der Waals surface area contributed by atoms with Gasteiger partial charge in [-0.1, -0.05) is 12.8 Å². The second kappa shape index (κ2) is 7.22. The van der Waals surface area contributed by atoms with Crippen LogP contribution in [0.4, 0.5) is 0 Å². The van der Waals surface area contributed by atoms with E-state index in [0.29, 0.717) is 0 Å². The molecule has 2 rings (SSSR count). The first-order chi connectivity index (χ1) is 9.16. The lowest BCUT2D eigenvalue weighted by atomic mass is 10.2. The summed E-state index contributed by atoms with van der Waals surface area (Å²) in [7, 11) is 2.14. The van der Waals surface area contributed by atoms with Crippen LogP contribution in [-0.4, -0.2) is 73.1 Å². The number of likely N-dealkylation sites (N-methyl/N-ethyl adjacent to an activating group) is 1. The van der Waals surface area contributed by atoms with Gasteiger partial charge in [-0.2, -0.15) is 0 Å². The number of hydrogen-bond acceptors (Lipinski definition) is 4. The summed E-state index contributed by atoms with van der Waals surface area (Å²) < 4.78 is 0. The van der Waals surface area contributed by atoms with Crippen LogP contribution in [0, 0.1) is 0 Å². The van der Waals surface area contributed by atoms with Crippen LogP contribution in [0.1, 0.15) is 32.6 Å². The van der Waals surface area contributed by atoms with Gasteiger partial charge in [-0.15, -0.1) is 0 Å². The van der Waals surface area contributed by atoms with Crippen LogP contribution in [0.15, 0.2) is 0 Å². The van der Waals surface area contributed by atoms with E-state index in [1.165, 1.54) is 12.8 Å². The number of carbonyl (C=O) groups is 1. The highest BCUT2D eigenvalue weighted by atomic mass is 16.2. The van der Waals surface area contributed by atoms with Crippen LogP contribution in [0.5, 0.6) is 0 Å². The van der Waals surface area contributed by atoms with E-state index >= 15 is 0 Å². The predicted molar refractivity (Wildman–Crippen MR) is 76.7 cm³/mol. The summed E-state index contributed by atoms with van der Waals surface area (Å²) >= 11 is 0. The third-order valence-corrected chi connectivity index (χ3v) is 4.17. The molecule has 19 heavy (non-hydrogen) atoms. The van der Waals surface area contributed by atoms with Crippen LogP contribution in [0.25, 0.3) is 0 Å². The van der Waals surface area contributed by atoms with Gasteiger partial charge < -0.3 is 9.80 Å². The maximum Gasteiger partial charge on any atom is 0.240 e. The van der Waals surface area contributed by atoms with Gasteiger partial charge in [-0.25, -0.2) is 10.4 Å². The van der Waals surface area contributed by atoms with Crippen LogP contribution in [0.2, 0.25) is 0 Å². The molecule has 5 nitrogen and oxygen atoms in total. The highest BCUT2D eigenvalue weighted by Gasteiger charge is 2.24. The Morgan fingerprint density at radius 1 is 0.947 bits per heavy atom. The lowest BCUT2D eigenvalue weighted by Gasteiger charge is -2.35. The first-order valence-electron chi connectivity index (χ1n) is 7.65. The molecule has 0 spiro atoms. The number of hydrazine groups is 1. The Kier molecular flexibility index (Phi) is 5.60. The van der Waals surface area contributed by atoms with Crippen molar-refractivity contribution in [3.8, 4) is 0 Å². The molecule has 0 aromatic carbocycles. The molecule has 2 saturated heterocycles. The zero-order valence-corrected chi connectivity index (χ0v) is 12.4. The molecule has 0 aromatic rings. The molecule has 110 valence electrons. The van der Waals surface area contributed by atoms with Crippen molar-refractivity contribution in [1.82, 2.24) is 20.2 Å². The van der Waals surface area contributed by atoms with E-state index in [9.17, 15) is 4.79 Å². The molecule has 2 aliphatic rings. The Hall–Kier alpha value is -0.650. The molecule has 1 atom stereocenters. The number of rotatable bonds is 3. The van der Waals surface area contributed by atoms with Gasteiger partial charge in [0.25, 0.3) is 0 Å². The summed E-state index contributed by atoms with van der Waals surface area (Å²) in [6, 6.07) is -0.0958. The first-order valence-corrected chi connectivity index (χ1v) is 7.65. The van der Waals surface area contributed by atoms with Crippen LogP contribution < -0.4 is 5.43 Å². The monoisotopic (exact) mass is 268 g/mol. The minimum Gasteiger partial charge on any atom is -0.341 e. The van der Waals surface area contributed by atoms with Crippen LogP contribution in [-0.2, 0) is 4.79 Å². The fourth-order valence-corrected chi connectivity index (χ4v) is 2.83. The largest absolute Gasteiger partial charge is 0.341 e. The van der Waals surface area contributed by atoms with E-state index in [4.69, 9.17) is 0 Å². The maximum absolute atomic E-state index is 12.4. The van der Waals surface area contributed by atoms with Gasteiger partial charge >= 0.3 is 0 Å². The smallest absolute Gasteiger partial charge is 0.240 e. The minimum absolute atomic E-state index is 0.0958. The van der Waals surface area contributed by atoms with Gasteiger partial charge in [-0.3, -0.25) is 4.79 Å². The summed E-state index contributed by atoms with van der Waals surface area (Å²) in [5.74, 6) is 0.265. The van der Waals surface area contributed by atoms with Gasteiger partial charge in [-0.05, 0) is 26.8 Å². The second-order valence-corrected chi connectivity index (χ2v) is 5.88. The molecule has 0 bridgehead atoms. The van der Waals surface area contributed by atoms with Gasteiger partial charge in [0, 0.05) is 39.3 Å². The lowest BCUT2D eigenvalue weighted by molar-refractivity contribution is -0.134. The van der Waals surface area contributed by atoms with Gasteiger partial charge in [0.05, 0.1) is 6.04 Å². The fraction of sp³-hybridized carbons (Fsp3) is 0.929. The van der Waals surface area contributed by atoms with Gasteiger partial charge in [0.2, 0.25) is 5.91 Å². The van der Waals surface area contributed by atoms with Crippen molar-refractivity contribution >= 4 is 5.91 Å². The number of likely N-dealkylation sites (tertiary alicyclic amines) is 1. The molecule has 5 heteroatoms. The average Bonchev–Trinajstić information content (AvgIpc) is 2.69. The molecule has 2 fully saturated rings. The highest BCUT2D eigenvalue weighted by molar-refractivity contribution is 5.81. The minimum atomic E-state index is -0.0958. The van der Waals surface area contributed by atoms with E-state index in [1.807, 2.05) is 11.8 Å². The normalized spacial score (nSPS) is 25.1. The molecule has 1 amide bonds. The Morgan fingerprint density at radius 2 is 1.53 bits per heavy atom. The SMILES string of the molecule is CC(NN1CCN(C)CC1)C(=O)N1CCCCCC1. The summed E-state index contributed by atoms with van der Waals surface area (Å²) in [5, 5.41) is 2.19. The van der Waals surface area contributed by atoms with Crippen LogP contribution in [0.3, 0.4) is 0 Å². The van der Waals surface area contributed by atoms with E-state index in [1.54, 1.807) is 0 Å². The Morgan fingerprint density at radius 3 is 2.11 bits per heavy atom. The van der Waals surface area contributed by atoms with Crippen molar-refractivity contribution < 1.29 is 4.79 Å². The molecule has 0 radical (unpaired) electrons. The molecular formula is C14H28N4O. The predicted octanol–water partition coefficient (Wildman–Crippen LogP) is 0.530. The third-order valence-electron chi connectivity index (χ3n) is 4.17. The molecule has 2 heterocycles. The zero-order chi connectivity index (χ0) is 13.7. The summed E-state index contributed by atoms with van der Waals surface area (Å²) in [6.07, 6.45) is 4.86. The molecule has 1 N–H and O–H groups in total. The number of piperazine rings is 1. The average molecular weight is 268 g/mol. The zero-order valence-electron chi connectivity index (χ0n) is 12.4. The molecule has 0 saturated carbocycles. The Labute approximate surface area is 116 Å². The maximum atomic E-state index is 12.4. The molecular weight excluding hydrogens is 240 g/mol. The lowest BCUT2D eigenvalue weighted by Crippen LogP contribution is -2.57. The number of carbonyl (C=O) groups excluding carboxylic acids is 1. The Balaban J connectivity index is 1.78. The molecule has 1 unspecified atom stereocenters. The Bertz CT molecular complexity index is 281. The highest BCUT2D eigenvalue weighted by Crippen LogP contribution is 2.11. The summed E-state index contributed by atoms with van der Waals surface area (Å²) in [5.41, 5.74) is 3.37. The van der Waals surface area contributed by atoms with Crippen LogP contribution >= 0.6 is 0 Å². The topological polar surface area (TPSA) is 38.8 Å². The van der Waals surface area contributed by atoms with E-state index in [-0.39, 0.29) is 11.9 Å². The molecule has 0 aromatic heterocycles. The fourth-order valence-electron chi connectivity index (χ4n) is 2.83. The van der Waals surface area contributed by atoms with Crippen molar-refractivity contribution in [2.75, 3.05) is 46.3 Å². The number of nitrogens with zero attached hydrogens (tertiary/aromatic N) is 3. The van der Waals surface area contributed by atoms with E-state index in [2.05, 4.69) is 22.4 Å². The summed E-state index contributed by atoms with van der Waals surface area (Å²) in [4.78, 5) is 16.8. The van der Waals surface area contributed by atoms with Crippen molar-refractivity contribution in [2.24, 2.45) is 0 Å². The van der Waals surface area contributed by atoms with Crippen molar-refractivity contribution in [3.05, 3.63) is 0 Å². The van der Waals surface area contributed by atoms with E-state index < -0.39 is 0 Å². The number of amides is 1.